The summed E-state index contributed by atoms with van der Waals surface area (Å²) in [6, 6.07) is 29.2. The molecule has 2 aliphatic heterocycles. The van der Waals surface area contributed by atoms with Crippen LogP contribution in [-0.2, 0) is 25.3 Å². The number of aryl methyl sites for hydroxylation is 2. The Morgan fingerprint density at radius 1 is 0.780 bits per heavy atom. The van der Waals surface area contributed by atoms with E-state index in [-0.39, 0.29) is 42.7 Å². The fourth-order valence-electron chi connectivity index (χ4n) is 7.56. The van der Waals surface area contributed by atoms with Gasteiger partial charge in [0.15, 0.2) is 11.5 Å². The van der Waals surface area contributed by atoms with Crippen LogP contribution in [0.4, 0.5) is 34.1 Å². The molecule has 0 saturated carbocycles. The Morgan fingerprint density at radius 2 is 1.46 bits per heavy atom. The van der Waals surface area contributed by atoms with E-state index in [2.05, 4.69) is 27.3 Å². The maximum atomic E-state index is 13.7. The minimum Gasteiger partial charge on any atom is -0.493 e. The molecule has 2 aliphatic rings. The predicted octanol–water partition coefficient (Wildman–Crippen LogP) is 6.92. The Kier molecular flexibility index (Phi) is 10.5. The van der Waals surface area contributed by atoms with Crippen molar-refractivity contribution >= 4 is 57.8 Å². The van der Waals surface area contributed by atoms with Crippen LogP contribution < -0.4 is 41.4 Å². The van der Waals surface area contributed by atoms with Crippen molar-refractivity contribution in [1.82, 2.24) is 9.13 Å². The summed E-state index contributed by atoms with van der Waals surface area (Å²) in [4.78, 5) is 54.7. The van der Waals surface area contributed by atoms with Gasteiger partial charge in [-0.1, -0.05) is 30.3 Å². The monoisotopic (exact) mass is 792 g/mol. The lowest BCUT2D eigenvalue weighted by Gasteiger charge is -2.22. The number of carbonyl (C=O) groups is 4. The quantitative estimate of drug-likeness (QED) is 0.0656. The molecular formula is C45H44N8O6. The number of benzene rings is 4. The normalized spacial score (nSPS) is 14.0. The summed E-state index contributed by atoms with van der Waals surface area (Å²) in [5.74, 6) is 0.0103. The number of nitrogens with zero attached hydrogens (tertiary/aromatic N) is 3. The molecule has 0 fully saturated rings. The van der Waals surface area contributed by atoms with Crippen molar-refractivity contribution < 1.29 is 28.7 Å². The molecule has 4 amide bonds. The van der Waals surface area contributed by atoms with Gasteiger partial charge >= 0.3 is 0 Å². The summed E-state index contributed by atoms with van der Waals surface area (Å²) in [6.07, 6.45) is 4.93. The molecule has 6 aromatic rings. The lowest BCUT2D eigenvalue weighted by molar-refractivity contribution is -0.116. The van der Waals surface area contributed by atoms with Gasteiger partial charge in [0.25, 0.3) is 17.7 Å². The molecule has 6 N–H and O–H groups in total. The number of aromatic nitrogens is 2. The number of hydrogen-bond donors (Lipinski definition) is 5. The number of nitrogen functional groups attached to an aromatic ring is 1. The number of para-hydroxylation sites is 1. The summed E-state index contributed by atoms with van der Waals surface area (Å²) in [5.41, 5.74) is 13.9. The molecular weight excluding hydrogens is 749 g/mol. The highest BCUT2D eigenvalue weighted by Gasteiger charge is 2.37. The van der Waals surface area contributed by atoms with E-state index in [4.69, 9.17) is 15.2 Å². The second-order valence-corrected chi connectivity index (χ2v) is 14.6. The molecule has 0 spiro atoms. The Morgan fingerprint density at radius 3 is 2.19 bits per heavy atom. The summed E-state index contributed by atoms with van der Waals surface area (Å²) < 4.78 is 15.1. The van der Waals surface area contributed by atoms with Crippen molar-refractivity contribution in [2.45, 2.75) is 25.3 Å². The molecule has 0 bridgehead atoms. The Bertz CT molecular complexity index is 2580. The molecule has 2 aromatic heterocycles. The number of fused-ring (bicyclic) bond motifs is 4. The molecule has 0 saturated heterocycles. The molecule has 4 aromatic carbocycles. The van der Waals surface area contributed by atoms with Gasteiger partial charge in [-0.05, 0) is 84.6 Å². The molecule has 14 nitrogen and oxygen atoms in total. The van der Waals surface area contributed by atoms with Crippen LogP contribution in [0.2, 0.25) is 0 Å². The first-order valence-corrected chi connectivity index (χ1v) is 19.3. The number of hydrogen-bond acceptors (Lipinski definition) is 8. The molecule has 4 heterocycles. The van der Waals surface area contributed by atoms with Crippen molar-refractivity contribution in [3.8, 4) is 22.6 Å². The zero-order valence-corrected chi connectivity index (χ0v) is 32.9. The van der Waals surface area contributed by atoms with Crippen molar-refractivity contribution in [3.05, 3.63) is 132 Å². The predicted molar refractivity (Wildman–Crippen MR) is 229 cm³/mol. The van der Waals surface area contributed by atoms with Crippen LogP contribution in [0, 0.1) is 0 Å². The second-order valence-electron chi connectivity index (χ2n) is 14.6. The Hall–Kier alpha value is -7.48. The van der Waals surface area contributed by atoms with E-state index in [9.17, 15) is 19.2 Å². The number of rotatable bonds is 12. The smallest absolute Gasteiger partial charge is 0.272 e. The van der Waals surface area contributed by atoms with E-state index in [1.165, 1.54) is 7.11 Å². The van der Waals surface area contributed by atoms with Crippen LogP contribution in [0.1, 0.15) is 49.7 Å². The van der Waals surface area contributed by atoms with E-state index < -0.39 is 0 Å². The van der Waals surface area contributed by atoms with Crippen LogP contribution >= 0.6 is 0 Å². The van der Waals surface area contributed by atoms with Crippen molar-refractivity contribution in [1.29, 1.82) is 0 Å². The van der Waals surface area contributed by atoms with Crippen LogP contribution in [0.25, 0.3) is 11.1 Å². The molecule has 0 aliphatic carbocycles. The molecule has 1 atom stereocenters. The van der Waals surface area contributed by atoms with Crippen molar-refractivity contribution in [2.24, 2.45) is 14.1 Å². The van der Waals surface area contributed by atoms with E-state index in [1.54, 1.807) is 84.0 Å². The summed E-state index contributed by atoms with van der Waals surface area (Å²) in [5, 5.41) is 12.1. The standard InChI is InChI=1S/C45H44N8O6/c1-51-25-29(20-38(51)43(55)50-32-16-12-30(46)13-17-32)27-10-14-31(15-11-27)49-44(56)39-21-33(26-52(39)2)48-42(54)9-6-18-59-41-23-36-35(22-40(41)58-3)45(57)53-34(24-47-36)19-28-7-4-5-8-37(28)53/h4-5,7-8,10-17,20-23,25-26,34,47H,6,9,18-19,24,46H2,1-3H3,(H,48,54)(H,49,56)(H,50,55)/t34-/m0/s1. The van der Waals surface area contributed by atoms with Crippen LogP contribution in [-0.4, -0.2) is 59.1 Å². The van der Waals surface area contributed by atoms with Gasteiger partial charge in [0.05, 0.1) is 36.7 Å². The summed E-state index contributed by atoms with van der Waals surface area (Å²) in [7, 11) is 5.07. The third-order valence-electron chi connectivity index (χ3n) is 10.6. The lowest BCUT2D eigenvalue weighted by atomic mass is 10.1. The van der Waals surface area contributed by atoms with Crippen LogP contribution in [0.15, 0.2) is 109 Å². The zero-order chi connectivity index (χ0) is 41.2. The lowest BCUT2D eigenvalue weighted by Crippen LogP contribution is -2.39. The minimum absolute atomic E-state index is 0.00973. The molecule has 0 unspecified atom stereocenters. The number of carbonyl (C=O) groups excluding carboxylic acids is 4. The van der Waals surface area contributed by atoms with E-state index >= 15 is 0 Å². The van der Waals surface area contributed by atoms with Gasteiger partial charge in [0.2, 0.25) is 5.91 Å². The summed E-state index contributed by atoms with van der Waals surface area (Å²) in [6.45, 7) is 0.840. The number of nitrogens with two attached hydrogens (primary N) is 1. The van der Waals surface area contributed by atoms with Gasteiger partial charge < -0.3 is 50.5 Å². The highest BCUT2D eigenvalue weighted by atomic mass is 16.5. The maximum Gasteiger partial charge on any atom is 0.272 e. The number of ether oxygens (including phenoxy) is 2. The minimum atomic E-state index is -0.341. The fraction of sp³-hybridized carbons (Fsp3) is 0.200. The Labute approximate surface area is 340 Å². The largest absolute Gasteiger partial charge is 0.493 e. The topological polar surface area (TPSA) is 174 Å². The van der Waals surface area contributed by atoms with Crippen molar-refractivity contribution in [2.75, 3.05) is 52.2 Å². The Balaban J connectivity index is 0.824. The molecule has 8 rings (SSSR count). The van der Waals surface area contributed by atoms with Gasteiger partial charge in [0, 0.05) is 73.8 Å². The number of anilines is 6. The number of amides is 4. The maximum absolute atomic E-state index is 13.7. The highest BCUT2D eigenvalue weighted by Crippen LogP contribution is 2.40. The molecule has 14 heteroatoms. The van der Waals surface area contributed by atoms with Gasteiger partial charge in [-0.15, -0.1) is 0 Å². The van der Waals surface area contributed by atoms with E-state index in [0.29, 0.717) is 69.9 Å². The first-order valence-electron chi connectivity index (χ1n) is 19.3. The van der Waals surface area contributed by atoms with Gasteiger partial charge in [0.1, 0.15) is 11.4 Å². The van der Waals surface area contributed by atoms with E-state index in [1.807, 2.05) is 47.5 Å². The highest BCUT2D eigenvalue weighted by molar-refractivity contribution is 6.12. The number of nitrogens with one attached hydrogen (secondary N) is 4. The summed E-state index contributed by atoms with van der Waals surface area (Å²) >= 11 is 0. The zero-order valence-electron chi connectivity index (χ0n) is 32.9. The van der Waals surface area contributed by atoms with Crippen molar-refractivity contribution in [3.63, 3.8) is 0 Å². The van der Waals surface area contributed by atoms with E-state index in [0.717, 1.165) is 28.8 Å². The molecule has 300 valence electrons. The third kappa shape index (κ3) is 8.05. The first-order chi connectivity index (χ1) is 28.5. The van der Waals surface area contributed by atoms with Gasteiger partial charge in [-0.25, -0.2) is 0 Å². The average Bonchev–Trinajstić information content (AvgIpc) is 3.90. The van der Waals surface area contributed by atoms with Gasteiger partial charge in [-0.3, -0.25) is 19.2 Å². The molecule has 0 radical (unpaired) electrons. The fourth-order valence-corrected chi connectivity index (χ4v) is 7.56. The number of methoxy groups -OCH3 is 1. The second kappa shape index (κ2) is 16.2. The third-order valence-corrected chi connectivity index (χ3v) is 10.6. The van der Waals surface area contributed by atoms with Crippen LogP contribution in [0.5, 0.6) is 11.5 Å². The molecule has 59 heavy (non-hydrogen) atoms. The first kappa shape index (κ1) is 38.4. The SMILES string of the molecule is COc1cc2c(cc1OCCCC(=O)Nc1cc(C(=O)Nc3ccc(-c4cc(C(=O)Nc5ccc(N)cc5)n(C)c4)cc3)n(C)c1)NC[C@@H]1Cc3ccccc3N1C2=O. The van der Waals surface area contributed by atoms with Crippen LogP contribution in [0.3, 0.4) is 0 Å². The average molecular weight is 793 g/mol. The van der Waals surface area contributed by atoms with Gasteiger partial charge in [-0.2, -0.15) is 0 Å².